The van der Waals surface area contributed by atoms with E-state index < -0.39 is 0 Å². The van der Waals surface area contributed by atoms with E-state index in [1.165, 1.54) is 0 Å². The Labute approximate surface area is 131 Å². The van der Waals surface area contributed by atoms with Gasteiger partial charge >= 0.3 is 0 Å². The predicted octanol–water partition coefficient (Wildman–Crippen LogP) is 2.61. The molecule has 0 saturated carbocycles. The molecular formula is C15H24ClN3O2. The first-order chi connectivity index (χ1) is 10.1. The van der Waals surface area contributed by atoms with Crippen LogP contribution in [0.25, 0.3) is 0 Å². The zero-order chi connectivity index (χ0) is 15.7. The minimum Gasteiger partial charge on any atom is -0.397 e. The van der Waals surface area contributed by atoms with Gasteiger partial charge in [-0.1, -0.05) is 18.5 Å². The molecule has 0 aliphatic heterocycles. The number of rotatable bonds is 9. The molecule has 1 aromatic rings. The van der Waals surface area contributed by atoms with Crippen molar-refractivity contribution in [1.82, 2.24) is 4.90 Å². The Morgan fingerprint density at radius 2 is 2.14 bits per heavy atom. The Balaban J connectivity index is 2.40. The van der Waals surface area contributed by atoms with Gasteiger partial charge in [-0.3, -0.25) is 4.79 Å². The van der Waals surface area contributed by atoms with Crippen LogP contribution in [0, 0.1) is 0 Å². The summed E-state index contributed by atoms with van der Waals surface area (Å²) in [6.45, 7) is 7.85. The van der Waals surface area contributed by atoms with E-state index >= 15 is 0 Å². The lowest BCUT2D eigenvalue weighted by atomic mass is 10.2. The van der Waals surface area contributed by atoms with Crippen molar-refractivity contribution >= 4 is 28.9 Å². The van der Waals surface area contributed by atoms with Crippen molar-refractivity contribution in [2.75, 3.05) is 43.9 Å². The van der Waals surface area contributed by atoms with E-state index in [9.17, 15) is 4.79 Å². The summed E-state index contributed by atoms with van der Waals surface area (Å²) in [5.41, 5.74) is 6.87. The smallest absolute Gasteiger partial charge is 0.225 e. The number of amides is 1. The fraction of sp³-hybridized carbons (Fsp3) is 0.533. The summed E-state index contributed by atoms with van der Waals surface area (Å²) >= 11 is 5.89. The lowest BCUT2D eigenvalue weighted by Gasteiger charge is -2.19. The third-order valence-electron chi connectivity index (χ3n) is 3.15. The number of carbonyl (C=O) groups excluding carboxylic acids is 1. The summed E-state index contributed by atoms with van der Waals surface area (Å²) in [6, 6.07) is 5.03. The van der Waals surface area contributed by atoms with E-state index in [2.05, 4.69) is 17.1 Å². The van der Waals surface area contributed by atoms with Crippen LogP contribution in [-0.2, 0) is 9.53 Å². The van der Waals surface area contributed by atoms with Gasteiger partial charge in [-0.2, -0.15) is 0 Å². The lowest BCUT2D eigenvalue weighted by molar-refractivity contribution is -0.116. The molecule has 0 heterocycles. The molecule has 6 heteroatoms. The van der Waals surface area contributed by atoms with Crippen LogP contribution < -0.4 is 11.1 Å². The highest BCUT2D eigenvalue weighted by molar-refractivity contribution is 6.31. The number of benzene rings is 1. The number of nitrogen functional groups attached to an aromatic ring is 1. The Morgan fingerprint density at radius 3 is 2.81 bits per heavy atom. The minimum absolute atomic E-state index is 0.0705. The van der Waals surface area contributed by atoms with Crippen molar-refractivity contribution in [1.29, 1.82) is 0 Å². The largest absolute Gasteiger partial charge is 0.397 e. The first-order valence-electron chi connectivity index (χ1n) is 7.21. The maximum atomic E-state index is 12.0. The SMILES string of the molecule is CCOCCN(CC)CCC(=O)Nc1cc(Cl)ccc1N. The molecule has 0 saturated heterocycles. The number of anilines is 2. The third kappa shape index (κ3) is 6.80. The fourth-order valence-corrected chi connectivity index (χ4v) is 2.05. The molecule has 0 aliphatic carbocycles. The predicted molar refractivity (Wildman–Crippen MR) is 87.7 cm³/mol. The maximum absolute atomic E-state index is 12.0. The second-order valence-electron chi connectivity index (χ2n) is 4.66. The zero-order valence-corrected chi connectivity index (χ0v) is 13.4. The first-order valence-corrected chi connectivity index (χ1v) is 7.59. The number of nitrogens with two attached hydrogens (primary N) is 1. The molecule has 1 rings (SSSR count). The molecule has 3 N–H and O–H groups in total. The highest BCUT2D eigenvalue weighted by atomic mass is 35.5. The quantitative estimate of drug-likeness (QED) is 0.543. The van der Waals surface area contributed by atoms with Crippen molar-refractivity contribution in [3.63, 3.8) is 0 Å². The van der Waals surface area contributed by atoms with Crippen LogP contribution in [0.2, 0.25) is 5.02 Å². The highest BCUT2D eigenvalue weighted by Gasteiger charge is 2.09. The van der Waals surface area contributed by atoms with Gasteiger partial charge in [-0.25, -0.2) is 0 Å². The summed E-state index contributed by atoms with van der Waals surface area (Å²) in [7, 11) is 0. The number of ether oxygens (including phenoxy) is 1. The molecule has 0 aromatic heterocycles. The molecule has 0 spiro atoms. The number of nitrogens with zero attached hydrogens (tertiary/aromatic N) is 1. The molecule has 1 amide bonds. The van der Waals surface area contributed by atoms with Crippen molar-refractivity contribution in [2.45, 2.75) is 20.3 Å². The molecule has 1 aromatic carbocycles. The Hall–Kier alpha value is -1.30. The van der Waals surface area contributed by atoms with Gasteiger partial charge in [-0.05, 0) is 31.7 Å². The van der Waals surface area contributed by atoms with Crippen LogP contribution in [0.4, 0.5) is 11.4 Å². The zero-order valence-electron chi connectivity index (χ0n) is 12.7. The standard InChI is InChI=1S/C15H24ClN3O2/c1-3-19(9-10-21-4-2)8-7-15(20)18-14-11-12(16)5-6-13(14)17/h5-6,11H,3-4,7-10,17H2,1-2H3,(H,18,20). The molecular weight excluding hydrogens is 290 g/mol. The van der Waals surface area contributed by atoms with Gasteiger partial charge in [0.25, 0.3) is 0 Å². The Morgan fingerprint density at radius 1 is 1.38 bits per heavy atom. The number of carbonyl (C=O) groups is 1. The van der Waals surface area contributed by atoms with Crippen molar-refractivity contribution in [3.8, 4) is 0 Å². The van der Waals surface area contributed by atoms with Gasteiger partial charge in [0.05, 0.1) is 18.0 Å². The molecule has 0 bridgehead atoms. The third-order valence-corrected chi connectivity index (χ3v) is 3.38. The number of hydrogen-bond acceptors (Lipinski definition) is 4. The molecule has 0 fully saturated rings. The summed E-state index contributed by atoms with van der Waals surface area (Å²) in [5, 5.41) is 3.34. The first kappa shape index (κ1) is 17.8. The van der Waals surface area contributed by atoms with Crippen LogP contribution in [0.15, 0.2) is 18.2 Å². The van der Waals surface area contributed by atoms with Gasteiger partial charge in [0, 0.05) is 31.1 Å². The summed E-state index contributed by atoms with van der Waals surface area (Å²) in [5.74, 6) is -0.0705. The van der Waals surface area contributed by atoms with Crippen molar-refractivity contribution < 1.29 is 9.53 Å². The number of likely N-dealkylation sites (N-methyl/N-ethyl adjacent to an activating group) is 1. The molecule has 118 valence electrons. The van der Waals surface area contributed by atoms with Crippen LogP contribution in [0.1, 0.15) is 20.3 Å². The van der Waals surface area contributed by atoms with Crippen LogP contribution in [-0.4, -0.2) is 43.7 Å². The van der Waals surface area contributed by atoms with E-state index in [4.69, 9.17) is 22.1 Å². The Bertz CT molecular complexity index is 455. The van der Waals surface area contributed by atoms with E-state index in [1.54, 1.807) is 18.2 Å². The van der Waals surface area contributed by atoms with E-state index in [-0.39, 0.29) is 5.91 Å². The van der Waals surface area contributed by atoms with E-state index in [0.29, 0.717) is 42.6 Å². The Kier molecular flexibility index (Phi) is 8.12. The fourth-order valence-electron chi connectivity index (χ4n) is 1.88. The normalized spacial score (nSPS) is 10.9. The van der Waals surface area contributed by atoms with E-state index in [1.807, 2.05) is 6.92 Å². The number of halogens is 1. The maximum Gasteiger partial charge on any atom is 0.225 e. The molecule has 0 radical (unpaired) electrons. The molecule has 5 nitrogen and oxygen atoms in total. The second kappa shape index (κ2) is 9.60. The van der Waals surface area contributed by atoms with Crippen molar-refractivity contribution in [3.05, 3.63) is 23.2 Å². The molecule has 0 aliphatic rings. The second-order valence-corrected chi connectivity index (χ2v) is 5.10. The summed E-state index contributed by atoms with van der Waals surface area (Å²) in [6.07, 6.45) is 0.409. The van der Waals surface area contributed by atoms with Gasteiger partial charge in [0.15, 0.2) is 0 Å². The molecule has 0 unspecified atom stereocenters. The van der Waals surface area contributed by atoms with Gasteiger partial charge in [0.2, 0.25) is 5.91 Å². The van der Waals surface area contributed by atoms with Crippen LogP contribution in [0.3, 0.4) is 0 Å². The molecule has 21 heavy (non-hydrogen) atoms. The average molecular weight is 314 g/mol. The molecule has 0 atom stereocenters. The van der Waals surface area contributed by atoms with Gasteiger partial charge in [-0.15, -0.1) is 0 Å². The minimum atomic E-state index is -0.0705. The van der Waals surface area contributed by atoms with Gasteiger partial charge < -0.3 is 20.7 Å². The lowest BCUT2D eigenvalue weighted by Crippen LogP contribution is -2.31. The van der Waals surface area contributed by atoms with Crippen LogP contribution in [0.5, 0.6) is 0 Å². The van der Waals surface area contributed by atoms with Crippen LogP contribution >= 0.6 is 11.6 Å². The monoisotopic (exact) mass is 313 g/mol. The summed E-state index contributed by atoms with van der Waals surface area (Å²) in [4.78, 5) is 14.1. The number of nitrogens with one attached hydrogen (secondary N) is 1. The number of hydrogen-bond donors (Lipinski definition) is 2. The highest BCUT2D eigenvalue weighted by Crippen LogP contribution is 2.22. The average Bonchev–Trinajstić information content (AvgIpc) is 2.46. The topological polar surface area (TPSA) is 67.6 Å². The van der Waals surface area contributed by atoms with E-state index in [0.717, 1.165) is 13.1 Å². The van der Waals surface area contributed by atoms with Gasteiger partial charge in [0.1, 0.15) is 0 Å². The van der Waals surface area contributed by atoms with Crippen molar-refractivity contribution in [2.24, 2.45) is 0 Å². The summed E-state index contributed by atoms with van der Waals surface area (Å²) < 4.78 is 5.32.